The molecule has 1 fully saturated rings. The van der Waals surface area contributed by atoms with Gasteiger partial charge in [-0.1, -0.05) is 30.3 Å². The predicted molar refractivity (Wildman–Crippen MR) is 113 cm³/mol. The number of likely N-dealkylation sites (tertiary alicyclic amines) is 1. The highest BCUT2D eigenvalue weighted by atomic mass is 32.2. The van der Waals surface area contributed by atoms with Crippen LogP contribution >= 0.6 is 11.8 Å². The topological polar surface area (TPSA) is 41.6 Å². The van der Waals surface area contributed by atoms with Gasteiger partial charge in [-0.3, -0.25) is 9.69 Å². The van der Waals surface area contributed by atoms with Gasteiger partial charge in [0.15, 0.2) is 0 Å². The minimum atomic E-state index is 0.0245. The summed E-state index contributed by atoms with van der Waals surface area (Å²) in [6.45, 7) is 5.08. The van der Waals surface area contributed by atoms with Gasteiger partial charge in [-0.2, -0.15) is 0 Å². The van der Waals surface area contributed by atoms with Crippen molar-refractivity contribution in [1.82, 2.24) is 4.90 Å². The number of nitrogens with one attached hydrogen (secondary N) is 1. The normalized spacial score (nSPS) is 16.9. The fraction of sp³-hybridized carbons (Fsp3) is 0.318. The number of para-hydroxylation sites is 1. The Morgan fingerprint density at radius 3 is 3.00 bits per heavy atom. The van der Waals surface area contributed by atoms with Crippen LogP contribution in [0.3, 0.4) is 0 Å². The van der Waals surface area contributed by atoms with Crippen LogP contribution in [0.25, 0.3) is 0 Å². The van der Waals surface area contributed by atoms with E-state index in [1.807, 2.05) is 42.5 Å². The largest absolute Gasteiger partial charge is 0.497 e. The van der Waals surface area contributed by atoms with Gasteiger partial charge in [0, 0.05) is 16.7 Å². The molecule has 1 aliphatic rings. The predicted octanol–water partition coefficient (Wildman–Crippen LogP) is 4.75. The lowest BCUT2D eigenvalue weighted by Crippen LogP contribution is -2.33. The average molecular weight is 383 g/mol. The zero-order valence-corrected chi connectivity index (χ0v) is 16.5. The molecule has 0 spiro atoms. The van der Waals surface area contributed by atoms with Crippen LogP contribution in [0.1, 0.15) is 24.4 Å². The first-order valence-electron chi connectivity index (χ1n) is 9.22. The number of methoxy groups -OCH3 is 1. The quantitative estimate of drug-likeness (QED) is 0.528. The number of hydrogen-bond acceptors (Lipinski definition) is 4. The smallest absolute Gasteiger partial charge is 0.238 e. The van der Waals surface area contributed by atoms with Gasteiger partial charge >= 0.3 is 0 Å². The molecule has 142 valence electrons. The van der Waals surface area contributed by atoms with Crippen LogP contribution in [-0.2, 0) is 4.79 Å². The van der Waals surface area contributed by atoms with E-state index in [9.17, 15) is 4.79 Å². The molecule has 0 aromatic heterocycles. The molecule has 4 nitrogen and oxygen atoms in total. The molecule has 1 saturated heterocycles. The third-order valence-corrected chi connectivity index (χ3v) is 5.78. The summed E-state index contributed by atoms with van der Waals surface area (Å²) in [6.07, 6.45) is 4.03. The number of hydrogen-bond donors (Lipinski definition) is 1. The van der Waals surface area contributed by atoms with E-state index in [1.54, 1.807) is 18.9 Å². The van der Waals surface area contributed by atoms with E-state index in [-0.39, 0.29) is 11.9 Å². The molecule has 1 heterocycles. The SMILES string of the molecule is C=CCSc1ccccc1NC(=O)CN1CCCC1c1cccc(OC)c1. The first-order valence-corrected chi connectivity index (χ1v) is 10.2. The van der Waals surface area contributed by atoms with E-state index in [0.717, 1.165) is 41.5 Å². The number of rotatable bonds is 8. The zero-order valence-electron chi connectivity index (χ0n) is 15.7. The lowest BCUT2D eigenvalue weighted by atomic mass is 10.0. The maximum atomic E-state index is 12.7. The van der Waals surface area contributed by atoms with Crippen molar-refractivity contribution in [2.75, 3.05) is 31.3 Å². The van der Waals surface area contributed by atoms with E-state index < -0.39 is 0 Å². The molecule has 0 saturated carbocycles. The molecule has 0 radical (unpaired) electrons. The summed E-state index contributed by atoms with van der Waals surface area (Å²) in [5, 5.41) is 3.08. The van der Waals surface area contributed by atoms with Crippen LogP contribution in [0.15, 0.2) is 66.1 Å². The third-order valence-electron chi connectivity index (χ3n) is 4.71. The molecule has 1 atom stereocenters. The Bertz CT molecular complexity index is 793. The van der Waals surface area contributed by atoms with Crippen molar-refractivity contribution in [3.8, 4) is 5.75 Å². The van der Waals surface area contributed by atoms with Gasteiger partial charge in [-0.15, -0.1) is 18.3 Å². The highest BCUT2D eigenvalue weighted by Gasteiger charge is 2.28. The van der Waals surface area contributed by atoms with E-state index in [1.165, 1.54) is 5.56 Å². The molecular formula is C22H26N2O2S. The van der Waals surface area contributed by atoms with Crippen LogP contribution in [0.5, 0.6) is 5.75 Å². The fourth-order valence-corrected chi connectivity index (χ4v) is 4.21. The van der Waals surface area contributed by atoms with Gasteiger partial charge in [-0.05, 0) is 49.2 Å². The van der Waals surface area contributed by atoms with Gasteiger partial charge in [-0.25, -0.2) is 0 Å². The van der Waals surface area contributed by atoms with E-state index >= 15 is 0 Å². The third kappa shape index (κ3) is 5.15. The molecule has 0 aliphatic carbocycles. The number of thioether (sulfide) groups is 1. The van der Waals surface area contributed by atoms with Crippen molar-refractivity contribution in [2.24, 2.45) is 0 Å². The van der Waals surface area contributed by atoms with Crippen molar-refractivity contribution in [2.45, 2.75) is 23.8 Å². The Kier molecular flexibility index (Phi) is 6.96. The minimum Gasteiger partial charge on any atom is -0.497 e. The summed E-state index contributed by atoms with van der Waals surface area (Å²) < 4.78 is 5.35. The van der Waals surface area contributed by atoms with Crippen LogP contribution < -0.4 is 10.1 Å². The summed E-state index contributed by atoms with van der Waals surface area (Å²) >= 11 is 1.67. The Labute approximate surface area is 165 Å². The Balaban J connectivity index is 1.66. The number of anilines is 1. The molecule has 27 heavy (non-hydrogen) atoms. The summed E-state index contributed by atoms with van der Waals surface area (Å²) in [5.41, 5.74) is 2.08. The second-order valence-electron chi connectivity index (χ2n) is 6.55. The van der Waals surface area contributed by atoms with Gasteiger partial charge in [0.05, 0.1) is 19.3 Å². The first kappa shape index (κ1) is 19.5. The molecule has 3 rings (SSSR count). The molecule has 1 unspecified atom stereocenters. The van der Waals surface area contributed by atoms with Gasteiger partial charge in [0.2, 0.25) is 5.91 Å². The number of carbonyl (C=O) groups is 1. The van der Waals surface area contributed by atoms with E-state index in [0.29, 0.717) is 6.54 Å². The molecule has 5 heteroatoms. The lowest BCUT2D eigenvalue weighted by molar-refractivity contribution is -0.117. The number of nitrogens with zero attached hydrogens (tertiary/aromatic N) is 1. The van der Waals surface area contributed by atoms with Crippen LogP contribution in [0.2, 0.25) is 0 Å². The second-order valence-corrected chi connectivity index (χ2v) is 7.61. The number of carbonyl (C=O) groups excluding carboxylic acids is 1. The highest BCUT2D eigenvalue weighted by Crippen LogP contribution is 2.33. The van der Waals surface area contributed by atoms with E-state index in [2.05, 4.69) is 28.9 Å². The molecule has 1 N–H and O–H groups in total. The van der Waals surface area contributed by atoms with Crippen LogP contribution in [0.4, 0.5) is 5.69 Å². The molecule has 2 aromatic carbocycles. The maximum absolute atomic E-state index is 12.7. The summed E-state index contributed by atoms with van der Waals surface area (Å²) in [6, 6.07) is 16.3. The fourth-order valence-electron chi connectivity index (χ4n) is 3.46. The second kappa shape index (κ2) is 9.62. The molecule has 0 bridgehead atoms. The Morgan fingerprint density at radius 2 is 2.19 bits per heavy atom. The minimum absolute atomic E-state index is 0.0245. The van der Waals surface area contributed by atoms with Crippen molar-refractivity contribution < 1.29 is 9.53 Å². The van der Waals surface area contributed by atoms with Crippen molar-refractivity contribution in [1.29, 1.82) is 0 Å². The van der Waals surface area contributed by atoms with Crippen molar-refractivity contribution >= 4 is 23.4 Å². The zero-order chi connectivity index (χ0) is 19.1. The maximum Gasteiger partial charge on any atom is 0.238 e. The van der Waals surface area contributed by atoms with Crippen molar-refractivity contribution in [3.05, 3.63) is 66.7 Å². The number of benzene rings is 2. The van der Waals surface area contributed by atoms with Crippen molar-refractivity contribution in [3.63, 3.8) is 0 Å². The van der Waals surface area contributed by atoms with Crippen LogP contribution in [0, 0.1) is 0 Å². The molecular weight excluding hydrogens is 356 g/mol. The summed E-state index contributed by atoms with van der Waals surface area (Å²) in [4.78, 5) is 16.0. The number of ether oxygens (including phenoxy) is 1. The van der Waals surface area contributed by atoms with E-state index in [4.69, 9.17) is 4.74 Å². The summed E-state index contributed by atoms with van der Waals surface area (Å²) in [7, 11) is 1.68. The lowest BCUT2D eigenvalue weighted by Gasteiger charge is -2.24. The monoisotopic (exact) mass is 382 g/mol. The van der Waals surface area contributed by atoms with Gasteiger partial charge in [0.25, 0.3) is 0 Å². The molecule has 2 aromatic rings. The standard InChI is InChI=1S/C22H26N2O2S/c1-3-14-27-21-12-5-4-10-19(21)23-22(25)16-24-13-7-11-20(24)17-8-6-9-18(15-17)26-2/h3-6,8-10,12,15,20H,1,7,11,13-14,16H2,2H3,(H,23,25). The Hall–Kier alpha value is -2.24. The van der Waals surface area contributed by atoms with Crippen LogP contribution in [-0.4, -0.2) is 36.8 Å². The first-order chi connectivity index (χ1) is 13.2. The van der Waals surface area contributed by atoms with Gasteiger partial charge < -0.3 is 10.1 Å². The number of amides is 1. The average Bonchev–Trinajstić information content (AvgIpc) is 3.15. The van der Waals surface area contributed by atoms with Gasteiger partial charge in [0.1, 0.15) is 5.75 Å². The highest BCUT2D eigenvalue weighted by molar-refractivity contribution is 7.99. The Morgan fingerprint density at radius 1 is 1.33 bits per heavy atom. The molecule has 1 amide bonds. The summed E-state index contributed by atoms with van der Waals surface area (Å²) in [5.74, 6) is 1.70. The molecule has 1 aliphatic heterocycles.